The van der Waals surface area contributed by atoms with Crippen LogP contribution in [0.5, 0.6) is 5.75 Å². The smallest absolute Gasteiger partial charge is 0.201 e. The first-order valence-electron chi connectivity index (χ1n) is 5.72. The van der Waals surface area contributed by atoms with Crippen molar-refractivity contribution in [2.45, 2.75) is 6.10 Å². The molecule has 0 radical (unpaired) electrons. The van der Waals surface area contributed by atoms with Gasteiger partial charge in [0.1, 0.15) is 29.4 Å². The van der Waals surface area contributed by atoms with Crippen molar-refractivity contribution in [2.75, 3.05) is 18.6 Å². The van der Waals surface area contributed by atoms with Gasteiger partial charge < -0.3 is 15.2 Å². The summed E-state index contributed by atoms with van der Waals surface area (Å²) in [6, 6.07) is 5.53. The second-order valence-electron chi connectivity index (χ2n) is 4.02. The number of anilines is 1. The molecule has 0 saturated carbocycles. The van der Waals surface area contributed by atoms with Crippen LogP contribution in [0.15, 0.2) is 23.3 Å². The molecular weight excluding hydrogens is 265 g/mol. The third-order valence-corrected chi connectivity index (χ3v) is 2.49. The minimum atomic E-state index is -0.485. The first kappa shape index (κ1) is 13.8. The Hall–Kier alpha value is -2.66. The lowest BCUT2D eigenvalue weighted by Gasteiger charge is -2.27. The van der Waals surface area contributed by atoms with Crippen molar-refractivity contribution < 1.29 is 13.9 Å². The maximum absolute atomic E-state index is 13.2. The van der Waals surface area contributed by atoms with Crippen LogP contribution >= 0.6 is 0 Å². The van der Waals surface area contributed by atoms with Crippen LogP contribution in [-0.2, 0) is 4.74 Å². The van der Waals surface area contributed by atoms with Gasteiger partial charge in [0.05, 0.1) is 13.2 Å². The predicted molar refractivity (Wildman–Crippen MR) is 70.2 cm³/mol. The summed E-state index contributed by atoms with van der Waals surface area (Å²) in [6.45, 7) is 0.938. The van der Waals surface area contributed by atoms with Gasteiger partial charge >= 0.3 is 0 Å². The Balaban J connectivity index is 2.18. The third kappa shape index (κ3) is 3.21. The maximum atomic E-state index is 13.2. The number of hydrogen-bond donors (Lipinski definition) is 3. The van der Waals surface area contributed by atoms with Crippen molar-refractivity contribution in [3.05, 3.63) is 24.0 Å². The molecule has 1 aromatic rings. The average molecular weight is 277 g/mol. The van der Waals surface area contributed by atoms with Crippen LogP contribution in [0.25, 0.3) is 0 Å². The topological polar surface area (TPSA) is 117 Å². The van der Waals surface area contributed by atoms with Crippen LogP contribution in [0.4, 0.5) is 10.1 Å². The molecule has 1 aliphatic rings. The summed E-state index contributed by atoms with van der Waals surface area (Å²) in [5.74, 6) is -0.586. The lowest BCUT2D eigenvalue weighted by atomic mass is 10.2. The van der Waals surface area contributed by atoms with E-state index in [0.717, 1.165) is 0 Å². The van der Waals surface area contributed by atoms with E-state index < -0.39 is 11.7 Å². The molecule has 0 atom stereocenters. The molecule has 0 aliphatic carbocycles. The highest BCUT2D eigenvalue weighted by atomic mass is 19.1. The molecule has 20 heavy (non-hydrogen) atoms. The zero-order valence-corrected chi connectivity index (χ0v) is 10.4. The summed E-state index contributed by atoms with van der Waals surface area (Å²) >= 11 is 0. The number of hydrazone groups is 1. The lowest BCUT2D eigenvalue weighted by molar-refractivity contribution is -0.0794. The van der Waals surface area contributed by atoms with Crippen LogP contribution in [0, 0.1) is 22.6 Å². The van der Waals surface area contributed by atoms with Crippen LogP contribution < -0.4 is 15.9 Å². The Morgan fingerprint density at radius 2 is 2.35 bits per heavy atom. The second-order valence-corrected chi connectivity index (χ2v) is 4.02. The number of ether oxygens (including phenoxy) is 2. The Bertz CT molecular complexity index is 592. The summed E-state index contributed by atoms with van der Waals surface area (Å²) in [7, 11) is 0. The molecule has 1 heterocycles. The number of nitrogens with two attached hydrogens (primary N) is 1. The summed E-state index contributed by atoms with van der Waals surface area (Å²) < 4.78 is 23.8. The zero-order chi connectivity index (χ0) is 14.5. The van der Waals surface area contributed by atoms with E-state index in [2.05, 4.69) is 10.5 Å². The van der Waals surface area contributed by atoms with Crippen molar-refractivity contribution >= 4 is 17.2 Å². The minimum absolute atomic E-state index is 0.0896. The number of nitrogens with one attached hydrogen (secondary N) is 2. The van der Waals surface area contributed by atoms with Gasteiger partial charge in [0.25, 0.3) is 0 Å². The Labute approximate surface area is 114 Å². The number of halogens is 1. The van der Waals surface area contributed by atoms with Gasteiger partial charge in [0.15, 0.2) is 5.84 Å². The van der Waals surface area contributed by atoms with Gasteiger partial charge in [-0.25, -0.2) is 4.39 Å². The molecular formula is C12H12FN5O2. The Morgan fingerprint density at radius 3 is 2.90 bits per heavy atom. The molecule has 0 aromatic heterocycles. The SMILES string of the molecule is N#C/C(=N\Nc1cc(F)ccc1OC1COC1)C(=N)N. The number of hydrogen-bond acceptors (Lipinski definition) is 6. The fourth-order valence-corrected chi connectivity index (χ4v) is 1.42. The molecule has 1 saturated heterocycles. The van der Waals surface area contributed by atoms with Gasteiger partial charge in [-0.05, 0) is 12.1 Å². The average Bonchev–Trinajstić information content (AvgIpc) is 2.36. The molecule has 0 unspecified atom stereocenters. The normalized spacial score (nSPS) is 15.1. The van der Waals surface area contributed by atoms with E-state index in [9.17, 15) is 4.39 Å². The van der Waals surface area contributed by atoms with Crippen molar-refractivity contribution in [1.82, 2.24) is 0 Å². The summed E-state index contributed by atoms with van der Waals surface area (Å²) in [6.07, 6.45) is -0.0896. The first-order valence-corrected chi connectivity index (χ1v) is 5.72. The molecule has 8 heteroatoms. The summed E-state index contributed by atoms with van der Waals surface area (Å²) in [5.41, 5.74) is 7.58. The van der Waals surface area contributed by atoms with E-state index in [1.807, 2.05) is 0 Å². The van der Waals surface area contributed by atoms with Gasteiger partial charge in [0.2, 0.25) is 5.71 Å². The van der Waals surface area contributed by atoms with Gasteiger partial charge in [0, 0.05) is 6.07 Å². The third-order valence-electron chi connectivity index (χ3n) is 2.49. The molecule has 7 nitrogen and oxygen atoms in total. The first-order chi connectivity index (χ1) is 9.60. The Morgan fingerprint density at radius 1 is 1.60 bits per heavy atom. The number of nitriles is 1. The fraction of sp³-hybridized carbons (Fsp3) is 0.250. The van der Waals surface area contributed by atoms with E-state index in [1.54, 1.807) is 6.07 Å². The van der Waals surface area contributed by atoms with E-state index in [0.29, 0.717) is 19.0 Å². The number of benzene rings is 1. The molecule has 0 amide bonds. The molecule has 1 aliphatic heterocycles. The van der Waals surface area contributed by atoms with Crippen LogP contribution in [0.1, 0.15) is 0 Å². The number of rotatable bonds is 5. The van der Waals surface area contributed by atoms with Crippen LogP contribution in [-0.4, -0.2) is 30.9 Å². The largest absolute Gasteiger partial charge is 0.483 e. The highest BCUT2D eigenvalue weighted by Crippen LogP contribution is 2.27. The maximum Gasteiger partial charge on any atom is 0.201 e. The monoisotopic (exact) mass is 277 g/mol. The van der Waals surface area contributed by atoms with Gasteiger partial charge in [-0.1, -0.05) is 0 Å². The summed E-state index contributed by atoms with van der Waals surface area (Å²) in [5, 5.41) is 19.5. The molecule has 104 valence electrons. The molecule has 0 spiro atoms. The highest BCUT2D eigenvalue weighted by molar-refractivity contribution is 6.45. The molecule has 1 fully saturated rings. The second kappa shape index (κ2) is 5.99. The van der Waals surface area contributed by atoms with Crippen molar-refractivity contribution in [2.24, 2.45) is 10.8 Å². The fourth-order valence-electron chi connectivity index (χ4n) is 1.42. The van der Waals surface area contributed by atoms with Gasteiger partial charge in [-0.2, -0.15) is 10.4 Å². The summed E-state index contributed by atoms with van der Waals surface area (Å²) in [4.78, 5) is 0. The molecule has 4 N–H and O–H groups in total. The predicted octanol–water partition coefficient (Wildman–Crippen LogP) is 0.831. The number of nitrogens with zero attached hydrogens (tertiary/aromatic N) is 2. The number of amidine groups is 1. The van der Waals surface area contributed by atoms with E-state index in [4.69, 9.17) is 25.9 Å². The molecule has 0 bridgehead atoms. The Kier molecular flexibility index (Phi) is 4.12. The quantitative estimate of drug-likeness (QED) is 0.418. The van der Waals surface area contributed by atoms with E-state index in [1.165, 1.54) is 18.2 Å². The van der Waals surface area contributed by atoms with Crippen LogP contribution in [0.2, 0.25) is 0 Å². The van der Waals surface area contributed by atoms with E-state index >= 15 is 0 Å². The van der Waals surface area contributed by atoms with Gasteiger partial charge in [-0.15, -0.1) is 0 Å². The zero-order valence-electron chi connectivity index (χ0n) is 10.4. The standard InChI is InChI=1S/C12H12FN5O2/c13-7-1-2-11(20-8-5-19-6-8)9(3-7)17-18-10(4-14)12(15)16/h1-3,8,17H,5-6H2,(H3,15,16)/b18-10+. The van der Waals surface area contributed by atoms with Crippen molar-refractivity contribution in [1.29, 1.82) is 10.7 Å². The molecule has 2 rings (SSSR count). The van der Waals surface area contributed by atoms with Gasteiger partial charge in [-0.3, -0.25) is 10.8 Å². The molecule has 1 aromatic carbocycles. The minimum Gasteiger partial charge on any atom is -0.483 e. The van der Waals surface area contributed by atoms with Crippen molar-refractivity contribution in [3.63, 3.8) is 0 Å². The lowest BCUT2D eigenvalue weighted by Crippen LogP contribution is -2.38. The van der Waals surface area contributed by atoms with Crippen LogP contribution in [0.3, 0.4) is 0 Å². The van der Waals surface area contributed by atoms with E-state index in [-0.39, 0.29) is 17.5 Å². The highest BCUT2D eigenvalue weighted by Gasteiger charge is 2.21. The van der Waals surface area contributed by atoms with Crippen molar-refractivity contribution in [3.8, 4) is 11.8 Å².